The Hall–Kier alpha value is -1.29. The minimum Gasteiger partial charge on any atom is -0.396 e. The highest BCUT2D eigenvalue weighted by Gasteiger charge is 2.24. The van der Waals surface area contributed by atoms with E-state index in [-0.39, 0.29) is 0 Å². The van der Waals surface area contributed by atoms with E-state index in [0.717, 1.165) is 43.4 Å². The van der Waals surface area contributed by atoms with Gasteiger partial charge in [0.25, 0.3) is 0 Å². The second-order valence-corrected chi connectivity index (χ2v) is 4.79. The summed E-state index contributed by atoms with van der Waals surface area (Å²) < 4.78 is 0. The molecule has 0 radical (unpaired) electrons. The van der Waals surface area contributed by atoms with Crippen LogP contribution < -0.4 is 10.6 Å². The molecule has 17 heavy (non-hydrogen) atoms. The lowest BCUT2D eigenvalue weighted by Gasteiger charge is -2.40. The van der Waals surface area contributed by atoms with Crippen LogP contribution in [-0.2, 0) is 0 Å². The predicted molar refractivity (Wildman–Crippen MR) is 72.3 cm³/mol. The van der Waals surface area contributed by atoms with Crippen molar-refractivity contribution in [1.29, 1.82) is 0 Å². The summed E-state index contributed by atoms with van der Waals surface area (Å²) in [5, 5.41) is 0. The molecule has 0 saturated carbocycles. The van der Waals surface area contributed by atoms with E-state index in [9.17, 15) is 0 Å². The molecule has 0 amide bonds. The topological polar surface area (TPSA) is 45.4 Å². The summed E-state index contributed by atoms with van der Waals surface area (Å²) in [4.78, 5) is 9.36. The van der Waals surface area contributed by atoms with Crippen LogP contribution in [0.1, 0.15) is 19.5 Å². The summed E-state index contributed by atoms with van der Waals surface area (Å²) in [7, 11) is 0. The van der Waals surface area contributed by atoms with Crippen molar-refractivity contribution >= 4 is 11.5 Å². The zero-order chi connectivity index (χ0) is 12.4. The fourth-order valence-electron chi connectivity index (χ4n) is 2.46. The number of hydrogen-bond donors (Lipinski definition) is 1. The molecule has 4 heteroatoms. The molecule has 1 atom stereocenters. The van der Waals surface area contributed by atoms with Crippen LogP contribution in [-0.4, -0.2) is 42.1 Å². The van der Waals surface area contributed by atoms with E-state index in [4.69, 9.17) is 5.73 Å². The van der Waals surface area contributed by atoms with Crippen molar-refractivity contribution < 1.29 is 0 Å². The van der Waals surface area contributed by atoms with Gasteiger partial charge < -0.3 is 10.6 Å². The van der Waals surface area contributed by atoms with E-state index in [2.05, 4.69) is 28.6 Å². The third-order valence-electron chi connectivity index (χ3n) is 3.52. The SMILES string of the molecule is CCN1CCN(c2nc(C)ccc2N)CC1C. The van der Waals surface area contributed by atoms with E-state index in [0.29, 0.717) is 6.04 Å². The predicted octanol–water partition coefficient (Wildman–Crippen LogP) is 1.50. The third kappa shape index (κ3) is 2.52. The van der Waals surface area contributed by atoms with Gasteiger partial charge in [0.15, 0.2) is 5.82 Å². The second kappa shape index (κ2) is 4.92. The first-order valence-electron chi connectivity index (χ1n) is 6.34. The molecule has 1 aromatic rings. The van der Waals surface area contributed by atoms with Crippen LogP contribution >= 0.6 is 0 Å². The lowest BCUT2D eigenvalue weighted by molar-refractivity contribution is 0.199. The van der Waals surface area contributed by atoms with Gasteiger partial charge in [-0.25, -0.2) is 4.98 Å². The molecule has 1 aliphatic heterocycles. The first kappa shape index (κ1) is 12.2. The van der Waals surface area contributed by atoms with Crippen molar-refractivity contribution in [3.63, 3.8) is 0 Å². The molecule has 1 fully saturated rings. The number of anilines is 2. The highest BCUT2D eigenvalue weighted by atomic mass is 15.3. The molecule has 1 unspecified atom stereocenters. The molecule has 4 nitrogen and oxygen atoms in total. The van der Waals surface area contributed by atoms with Crippen molar-refractivity contribution in [2.24, 2.45) is 0 Å². The normalized spacial score (nSPS) is 21.8. The summed E-state index contributed by atoms with van der Waals surface area (Å²) in [5.74, 6) is 0.951. The van der Waals surface area contributed by atoms with Gasteiger partial charge in [-0.3, -0.25) is 4.90 Å². The van der Waals surface area contributed by atoms with Gasteiger partial charge in [0.2, 0.25) is 0 Å². The fourth-order valence-corrected chi connectivity index (χ4v) is 2.46. The molecule has 0 aliphatic carbocycles. The van der Waals surface area contributed by atoms with Crippen LogP contribution in [0.4, 0.5) is 11.5 Å². The van der Waals surface area contributed by atoms with Gasteiger partial charge in [-0.15, -0.1) is 0 Å². The molecule has 0 aromatic carbocycles. The molecule has 2 heterocycles. The number of rotatable bonds is 2. The Morgan fingerprint density at radius 2 is 2.18 bits per heavy atom. The molecule has 1 aromatic heterocycles. The molecular formula is C13H22N4. The van der Waals surface area contributed by atoms with Crippen molar-refractivity contribution in [3.8, 4) is 0 Å². The summed E-state index contributed by atoms with van der Waals surface area (Å²) in [6.07, 6.45) is 0. The first-order chi connectivity index (χ1) is 8.11. The largest absolute Gasteiger partial charge is 0.396 e. The first-order valence-corrected chi connectivity index (χ1v) is 6.34. The van der Waals surface area contributed by atoms with Crippen LogP contribution in [0.15, 0.2) is 12.1 Å². The van der Waals surface area contributed by atoms with Gasteiger partial charge in [0, 0.05) is 31.4 Å². The Morgan fingerprint density at radius 1 is 1.41 bits per heavy atom. The monoisotopic (exact) mass is 234 g/mol. The van der Waals surface area contributed by atoms with E-state index in [1.54, 1.807) is 0 Å². The Labute approximate surface area is 103 Å². The van der Waals surface area contributed by atoms with Crippen LogP contribution in [0.3, 0.4) is 0 Å². The lowest BCUT2D eigenvalue weighted by Crippen LogP contribution is -2.52. The minimum absolute atomic E-state index is 0.565. The average Bonchev–Trinajstić information content (AvgIpc) is 2.32. The van der Waals surface area contributed by atoms with Crippen LogP contribution in [0, 0.1) is 6.92 Å². The average molecular weight is 234 g/mol. The Morgan fingerprint density at radius 3 is 2.82 bits per heavy atom. The van der Waals surface area contributed by atoms with Crippen molar-refractivity contribution in [2.75, 3.05) is 36.8 Å². The number of aromatic nitrogens is 1. The third-order valence-corrected chi connectivity index (χ3v) is 3.52. The van der Waals surface area contributed by atoms with Crippen molar-refractivity contribution in [1.82, 2.24) is 9.88 Å². The number of nitrogens with two attached hydrogens (primary N) is 1. The Balaban J connectivity index is 2.16. The standard InChI is InChI=1S/C13H22N4/c1-4-16-7-8-17(9-11(16)3)13-12(14)6-5-10(2)15-13/h5-6,11H,4,7-9,14H2,1-3H3. The molecule has 0 spiro atoms. The number of pyridine rings is 1. The van der Waals surface area contributed by atoms with Gasteiger partial charge in [-0.05, 0) is 32.5 Å². The fraction of sp³-hybridized carbons (Fsp3) is 0.615. The molecule has 1 aliphatic rings. The van der Waals surface area contributed by atoms with Crippen molar-refractivity contribution in [3.05, 3.63) is 17.8 Å². The number of nitrogens with zero attached hydrogens (tertiary/aromatic N) is 3. The van der Waals surface area contributed by atoms with Gasteiger partial charge in [0.1, 0.15) is 0 Å². The number of nitrogen functional groups attached to an aromatic ring is 1. The Bertz CT molecular complexity index is 391. The maximum absolute atomic E-state index is 6.02. The number of piperazine rings is 1. The van der Waals surface area contributed by atoms with Gasteiger partial charge in [-0.2, -0.15) is 0 Å². The highest BCUT2D eigenvalue weighted by Crippen LogP contribution is 2.23. The molecule has 2 rings (SSSR count). The molecule has 94 valence electrons. The Kier molecular flexibility index (Phi) is 3.52. The van der Waals surface area contributed by atoms with Gasteiger partial charge in [-0.1, -0.05) is 6.92 Å². The summed E-state index contributed by atoms with van der Waals surface area (Å²) in [5.41, 5.74) is 7.83. The highest BCUT2D eigenvalue weighted by molar-refractivity contribution is 5.63. The van der Waals surface area contributed by atoms with Gasteiger partial charge in [0.05, 0.1) is 5.69 Å². The number of likely N-dealkylation sites (N-methyl/N-ethyl adjacent to an activating group) is 1. The smallest absolute Gasteiger partial charge is 0.152 e. The second-order valence-electron chi connectivity index (χ2n) is 4.79. The minimum atomic E-state index is 0.565. The van der Waals surface area contributed by atoms with E-state index < -0.39 is 0 Å². The maximum Gasteiger partial charge on any atom is 0.152 e. The maximum atomic E-state index is 6.02. The van der Waals surface area contributed by atoms with E-state index in [1.807, 2.05) is 19.1 Å². The van der Waals surface area contributed by atoms with Crippen LogP contribution in [0.2, 0.25) is 0 Å². The summed E-state index contributed by atoms with van der Waals surface area (Å²) in [6.45, 7) is 10.7. The number of aryl methyl sites for hydroxylation is 1. The zero-order valence-corrected chi connectivity index (χ0v) is 11.0. The van der Waals surface area contributed by atoms with Gasteiger partial charge >= 0.3 is 0 Å². The zero-order valence-electron chi connectivity index (χ0n) is 11.0. The summed E-state index contributed by atoms with van der Waals surface area (Å²) >= 11 is 0. The van der Waals surface area contributed by atoms with Crippen molar-refractivity contribution in [2.45, 2.75) is 26.8 Å². The molecule has 2 N–H and O–H groups in total. The molecule has 1 saturated heterocycles. The molecule has 0 bridgehead atoms. The summed E-state index contributed by atoms with van der Waals surface area (Å²) in [6, 6.07) is 4.48. The van der Waals surface area contributed by atoms with Crippen LogP contribution in [0.25, 0.3) is 0 Å². The quantitative estimate of drug-likeness (QED) is 0.842. The van der Waals surface area contributed by atoms with E-state index >= 15 is 0 Å². The van der Waals surface area contributed by atoms with Crippen LogP contribution in [0.5, 0.6) is 0 Å². The van der Waals surface area contributed by atoms with E-state index in [1.165, 1.54) is 0 Å². The number of hydrogen-bond acceptors (Lipinski definition) is 4. The lowest BCUT2D eigenvalue weighted by atomic mass is 10.2. The molecular weight excluding hydrogens is 212 g/mol.